The molecule has 0 aliphatic rings. The maximum Gasteiger partial charge on any atom is 0.191 e. The number of aromatic nitrogens is 3. The van der Waals surface area contributed by atoms with Gasteiger partial charge in [-0.1, -0.05) is 17.8 Å². The van der Waals surface area contributed by atoms with Gasteiger partial charge in [-0.25, -0.2) is 0 Å². The summed E-state index contributed by atoms with van der Waals surface area (Å²) in [7, 11) is 3.28. The maximum atomic E-state index is 6.05. The summed E-state index contributed by atoms with van der Waals surface area (Å²) in [6.07, 6.45) is 1.55. The fourth-order valence-electron chi connectivity index (χ4n) is 2.88. The Bertz CT molecular complexity index is 958. The van der Waals surface area contributed by atoms with Crippen LogP contribution >= 0.6 is 11.8 Å². The minimum absolute atomic E-state index is 0.272. The van der Waals surface area contributed by atoms with E-state index in [1.54, 1.807) is 26.0 Å². The van der Waals surface area contributed by atoms with Crippen molar-refractivity contribution in [2.24, 2.45) is 0 Å². The first-order valence-electron chi connectivity index (χ1n) is 9.89. The first kappa shape index (κ1) is 22.6. The molecule has 0 radical (unpaired) electrons. The second kappa shape index (κ2) is 11.3. The molecular formula is C23H27N3O4S. The normalized spacial score (nSPS) is 11.6. The number of benzene rings is 2. The summed E-state index contributed by atoms with van der Waals surface area (Å²) < 4.78 is 24.2. The smallest absolute Gasteiger partial charge is 0.191 e. The van der Waals surface area contributed by atoms with Crippen LogP contribution in [0.1, 0.15) is 18.9 Å². The number of nitrogens with zero attached hydrogens (tertiary/aromatic N) is 3. The van der Waals surface area contributed by atoms with Gasteiger partial charge in [0.15, 0.2) is 17.1 Å². The van der Waals surface area contributed by atoms with Gasteiger partial charge in [0.2, 0.25) is 0 Å². The Morgan fingerprint density at radius 1 is 0.935 bits per heavy atom. The molecule has 0 aliphatic carbocycles. The molecule has 0 amide bonds. The van der Waals surface area contributed by atoms with Crippen molar-refractivity contribution in [2.45, 2.75) is 24.7 Å². The lowest BCUT2D eigenvalue weighted by Gasteiger charge is -2.16. The van der Waals surface area contributed by atoms with Crippen molar-refractivity contribution in [3.05, 3.63) is 67.0 Å². The zero-order valence-electron chi connectivity index (χ0n) is 18.0. The highest BCUT2D eigenvalue weighted by atomic mass is 32.2. The van der Waals surface area contributed by atoms with Crippen molar-refractivity contribution in [3.8, 4) is 23.0 Å². The van der Waals surface area contributed by atoms with E-state index in [0.29, 0.717) is 13.2 Å². The van der Waals surface area contributed by atoms with E-state index in [4.69, 9.17) is 18.9 Å². The molecule has 0 fully saturated rings. The van der Waals surface area contributed by atoms with Crippen LogP contribution in [0.5, 0.6) is 23.0 Å². The maximum absolute atomic E-state index is 6.05. The van der Waals surface area contributed by atoms with Gasteiger partial charge in [0.1, 0.15) is 23.0 Å². The molecule has 7 nitrogen and oxygen atoms in total. The standard InChI is InChI=1S/C23H27N3O4S/c1-5-14-26-22(17(2)30-21-12-8-19(28-4)9-13-21)24-25-23(26)31-16-15-29-20-10-6-18(27-3)7-11-20/h5-13,17H,1,14-16H2,2-4H3. The molecule has 0 aliphatic heterocycles. The Morgan fingerprint density at radius 3 is 2.10 bits per heavy atom. The average molecular weight is 442 g/mol. The van der Waals surface area contributed by atoms with Gasteiger partial charge in [-0.15, -0.1) is 16.8 Å². The van der Waals surface area contributed by atoms with Gasteiger partial charge in [-0.2, -0.15) is 0 Å². The number of ether oxygens (including phenoxy) is 4. The summed E-state index contributed by atoms with van der Waals surface area (Å²) >= 11 is 1.58. The van der Waals surface area contributed by atoms with Crippen LogP contribution in [-0.2, 0) is 6.54 Å². The van der Waals surface area contributed by atoms with Crippen LogP contribution < -0.4 is 18.9 Å². The molecule has 164 valence electrons. The molecule has 31 heavy (non-hydrogen) atoms. The lowest BCUT2D eigenvalue weighted by molar-refractivity contribution is 0.210. The zero-order valence-corrected chi connectivity index (χ0v) is 18.8. The molecule has 3 aromatic rings. The lowest BCUT2D eigenvalue weighted by Crippen LogP contribution is -2.12. The van der Waals surface area contributed by atoms with Crippen LogP contribution in [0.4, 0.5) is 0 Å². The van der Waals surface area contributed by atoms with Crippen molar-refractivity contribution in [1.82, 2.24) is 14.8 Å². The van der Waals surface area contributed by atoms with E-state index < -0.39 is 0 Å². The SMILES string of the molecule is C=CCn1c(SCCOc2ccc(OC)cc2)nnc1C(C)Oc1ccc(OC)cc1. The average Bonchev–Trinajstić information content (AvgIpc) is 3.20. The van der Waals surface area contributed by atoms with E-state index in [-0.39, 0.29) is 6.10 Å². The van der Waals surface area contributed by atoms with Crippen molar-refractivity contribution in [1.29, 1.82) is 0 Å². The number of hydrogen-bond acceptors (Lipinski definition) is 7. The quantitative estimate of drug-likeness (QED) is 0.227. The fourth-order valence-corrected chi connectivity index (χ4v) is 3.66. The van der Waals surface area contributed by atoms with Crippen LogP contribution in [-0.4, -0.2) is 41.3 Å². The molecule has 0 N–H and O–H groups in total. The third-order valence-corrected chi connectivity index (χ3v) is 5.37. The van der Waals surface area contributed by atoms with E-state index in [1.165, 1.54) is 0 Å². The van der Waals surface area contributed by atoms with Gasteiger partial charge in [0, 0.05) is 12.3 Å². The van der Waals surface area contributed by atoms with Gasteiger partial charge < -0.3 is 18.9 Å². The largest absolute Gasteiger partial charge is 0.497 e. The summed E-state index contributed by atoms with van der Waals surface area (Å²) in [4.78, 5) is 0. The van der Waals surface area contributed by atoms with Crippen LogP contribution in [0.2, 0.25) is 0 Å². The van der Waals surface area contributed by atoms with Crippen molar-refractivity contribution >= 4 is 11.8 Å². The molecule has 3 rings (SSSR count). The predicted molar refractivity (Wildman–Crippen MR) is 121 cm³/mol. The van der Waals surface area contributed by atoms with Crippen molar-refractivity contribution in [3.63, 3.8) is 0 Å². The monoisotopic (exact) mass is 441 g/mol. The summed E-state index contributed by atoms with van der Waals surface area (Å²) in [5, 5.41) is 9.51. The minimum Gasteiger partial charge on any atom is -0.497 e. The molecule has 0 spiro atoms. The third-order valence-electron chi connectivity index (χ3n) is 4.44. The van der Waals surface area contributed by atoms with Crippen molar-refractivity contribution < 1.29 is 18.9 Å². The Morgan fingerprint density at radius 2 is 1.52 bits per heavy atom. The Labute approximate surface area is 187 Å². The van der Waals surface area contributed by atoms with Gasteiger partial charge in [0.25, 0.3) is 0 Å². The number of methoxy groups -OCH3 is 2. The third kappa shape index (κ3) is 6.18. The first-order chi connectivity index (χ1) is 15.1. The summed E-state index contributed by atoms with van der Waals surface area (Å²) in [6.45, 7) is 6.95. The molecular weight excluding hydrogens is 414 g/mol. The van der Waals surface area contributed by atoms with E-state index in [1.807, 2.05) is 66.1 Å². The van der Waals surface area contributed by atoms with Crippen LogP contribution in [0.3, 0.4) is 0 Å². The van der Waals surface area contributed by atoms with Crippen molar-refractivity contribution in [2.75, 3.05) is 26.6 Å². The fraction of sp³-hybridized carbons (Fsp3) is 0.304. The number of hydrogen-bond donors (Lipinski definition) is 0. The lowest BCUT2D eigenvalue weighted by atomic mass is 10.3. The van der Waals surface area contributed by atoms with E-state index in [2.05, 4.69) is 16.8 Å². The molecule has 2 aromatic carbocycles. The Kier molecular flexibility index (Phi) is 8.23. The summed E-state index contributed by atoms with van der Waals surface area (Å²) in [5.41, 5.74) is 0. The second-order valence-corrected chi connectivity index (χ2v) is 7.61. The highest BCUT2D eigenvalue weighted by Gasteiger charge is 2.19. The zero-order chi connectivity index (χ0) is 22.1. The predicted octanol–water partition coefficient (Wildman–Crippen LogP) is 4.79. The number of allylic oxidation sites excluding steroid dienone is 1. The highest BCUT2D eigenvalue weighted by molar-refractivity contribution is 7.99. The van der Waals surface area contributed by atoms with Gasteiger partial charge in [0.05, 0.1) is 20.8 Å². The number of thioether (sulfide) groups is 1. The van der Waals surface area contributed by atoms with Crippen LogP contribution in [0.25, 0.3) is 0 Å². The van der Waals surface area contributed by atoms with E-state index >= 15 is 0 Å². The molecule has 0 saturated carbocycles. The summed E-state index contributed by atoms with van der Waals surface area (Å²) in [5.74, 6) is 4.60. The highest BCUT2D eigenvalue weighted by Crippen LogP contribution is 2.26. The molecule has 1 aromatic heterocycles. The van der Waals surface area contributed by atoms with Gasteiger partial charge in [-0.3, -0.25) is 4.57 Å². The first-order valence-corrected chi connectivity index (χ1v) is 10.9. The minimum atomic E-state index is -0.272. The molecule has 1 unspecified atom stereocenters. The molecule has 0 saturated heterocycles. The van der Waals surface area contributed by atoms with Crippen LogP contribution in [0, 0.1) is 0 Å². The topological polar surface area (TPSA) is 67.6 Å². The van der Waals surface area contributed by atoms with E-state index in [0.717, 1.165) is 39.7 Å². The molecule has 1 heterocycles. The second-order valence-electron chi connectivity index (χ2n) is 6.55. The Hall–Kier alpha value is -3.13. The van der Waals surface area contributed by atoms with Gasteiger partial charge >= 0.3 is 0 Å². The van der Waals surface area contributed by atoms with E-state index in [9.17, 15) is 0 Å². The molecule has 1 atom stereocenters. The molecule has 8 heteroatoms. The van der Waals surface area contributed by atoms with Gasteiger partial charge in [-0.05, 0) is 55.5 Å². The number of rotatable bonds is 12. The Balaban J connectivity index is 1.58. The van der Waals surface area contributed by atoms with Crippen LogP contribution in [0.15, 0.2) is 66.3 Å². The summed E-state index contributed by atoms with van der Waals surface area (Å²) in [6, 6.07) is 15.0. The molecule has 0 bridgehead atoms.